The Labute approximate surface area is 142 Å². The first-order valence-electron chi connectivity index (χ1n) is 6.88. The van der Waals surface area contributed by atoms with Crippen LogP contribution in [0.4, 0.5) is 0 Å². The van der Waals surface area contributed by atoms with Crippen LogP contribution in [0.1, 0.15) is 23.8 Å². The maximum Gasteiger partial charge on any atom is 0.0285 e. The van der Waals surface area contributed by atoms with Gasteiger partial charge in [0.2, 0.25) is 0 Å². The van der Waals surface area contributed by atoms with Gasteiger partial charge in [0, 0.05) is 25.2 Å². The fourth-order valence-electron chi connectivity index (χ4n) is 2.17. The van der Waals surface area contributed by atoms with Gasteiger partial charge in [-0.15, -0.1) is 11.3 Å². The maximum atomic E-state index is 3.67. The van der Waals surface area contributed by atoms with E-state index in [9.17, 15) is 0 Å². The molecule has 2 aromatic rings. The van der Waals surface area contributed by atoms with Crippen molar-refractivity contribution in [3.8, 4) is 0 Å². The highest BCUT2D eigenvalue weighted by Gasteiger charge is 2.11. The van der Waals surface area contributed by atoms with Crippen LogP contribution in [0.3, 0.4) is 0 Å². The molecule has 0 amide bonds. The summed E-state index contributed by atoms with van der Waals surface area (Å²) in [5, 5.41) is 5.83. The standard InChI is InChI=1S/C16H19Br2NS/c1-2-7-19-15(10-16-9-14(18)11-20-16)8-12-3-5-13(17)6-4-12/h3-6,9,11,15,19H,2,7-8,10H2,1H3. The van der Waals surface area contributed by atoms with Crippen LogP contribution in [0.15, 0.2) is 44.7 Å². The zero-order valence-corrected chi connectivity index (χ0v) is 15.5. The van der Waals surface area contributed by atoms with Gasteiger partial charge in [0.05, 0.1) is 0 Å². The highest BCUT2D eigenvalue weighted by molar-refractivity contribution is 9.10. The number of hydrogen-bond acceptors (Lipinski definition) is 2. The van der Waals surface area contributed by atoms with Crippen LogP contribution in [0.5, 0.6) is 0 Å². The lowest BCUT2D eigenvalue weighted by atomic mass is 10.0. The SMILES string of the molecule is CCCNC(Cc1ccc(Br)cc1)Cc1cc(Br)cs1. The first kappa shape index (κ1) is 16.2. The summed E-state index contributed by atoms with van der Waals surface area (Å²) in [7, 11) is 0. The van der Waals surface area contributed by atoms with E-state index in [1.807, 2.05) is 11.3 Å². The van der Waals surface area contributed by atoms with Crippen molar-refractivity contribution < 1.29 is 0 Å². The molecule has 1 heterocycles. The van der Waals surface area contributed by atoms with Crippen molar-refractivity contribution in [3.63, 3.8) is 0 Å². The zero-order chi connectivity index (χ0) is 14.4. The Bertz CT molecular complexity index is 522. The van der Waals surface area contributed by atoms with E-state index in [0.29, 0.717) is 6.04 Å². The number of benzene rings is 1. The Hall–Kier alpha value is -0.160. The molecule has 0 bridgehead atoms. The van der Waals surface area contributed by atoms with Gasteiger partial charge in [0.1, 0.15) is 0 Å². The summed E-state index contributed by atoms with van der Waals surface area (Å²) in [4.78, 5) is 1.43. The Balaban J connectivity index is 2.00. The molecule has 1 aromatic heterocycles. The predicted octanol–water partition coefficient (Wildman–Crippen LogP) is 5.43. The second-order valence-corrected chi connectivity index (χ2v) is 7.74. The Morgan fingerprint density at radius 1 is 1.10 bits per heavy atom. The second kappa shape index (κ2) is 8.32. The highest BCUT2D eigenvalue weighted by Crippen LogP contribution is 2.22. The van der Waals surface area contributed by atoms with Gasteiger partial charge in [0.15, 0.2) is 0 Å². The van der Waals surface area contributed by atoms with Crippen molar-refractivity contribution in [1.29, 1.82) is 0 Å². The van der Waals surface area contributed by atoms with Gasteiger partial charge in [-0.05, 0) is 65.5 Å². The molecule has 0 spiro atoms. The van der Waals surface area contributed by atoms with E-state index in [2.05, 4.69) is 79.8 Å². The van der Waals surface area contributed by atoms with Crippen LogP contribution in [-0.4, -0.2) is 12.6 Å². The number of thiophene rings is 1. The molecule has 1 aromatic carbocycles. The normalized spacial score (nSPS) is 12.6. The van der Waals surface area contributed by atoms with Gasteiger partial charge in [0.25, 0.3) is 0 Å². The average molecular weight is 417 g/mol. The Kier molecular flexibility index (Phi) is 6.75. The molecule has 20 heavy (non-hydrogen) atoms. The van der Waals surface area contributed by atoms with Crippen molar-refractivity contribution >= 4 is 43.2 Å². The minimum absolute atomic E-state index is 0.502. The minimum Gasteiger partial charge on any atom is -0.313 e. The molecule has 1 atom stereocenters. The quantitative estimate of drug-likeness (QED) is 0.634. The lowest BCUT2D eigenvalue weighted by molar-refractivity contribution is 0.507. The smallest absolute Gasteiger partial charge is 0.0285 e. The van der Waals surface area contributed by atoms with Gasteiger partial charge in [-0.25, -0.2) is 0 Å². The predicted molar refractivity (Wildman–Crippen MR) is 95.7 cm³/mol. The van der Waals surface area contributed by atoms with Crippen LogP contribution < -0.4 is 5.32 Å². The third-order valence-corrected chi connectivity index (χ3v) is 5.40. The molecule has 0 fully saturated rings. The number of hydrogen-bond donors (Lipinski definition) is 1. The third kappa shape index (κ3) is 5.32. The zero-order valence-electron chi connectivity index (χ0n) is 11.5. The minimum atomic E-state index is 0.502. The third-order valence-electron chi connectivity index (χ3n) is 3.15. The molecule has 1 nitrogen and oxygen atoms in total. The maximum absolute atomic E-state index is 3.67. The van der Waals surface area contributed by atoms with Gasteiger partial charge in [-0.1, -0.05) is 35.0 Å². The summed E-state index contributed by atoms with van der Waals surface area (Å²) < 4.78 is 2.33. The first-order valence-corrected chi connectivity index (χ1v) is 9.34. The van der Waals surface area contributed by atoms with Gasteiger partial charge < -0.3 is 5.32 Å². The average Bonchev–Trinajstić information content (AvgIpc) is 2.84. The summed E-state index contributed by atoms with van der Waals surface area (Å²) in [5.41, 5.74) is 1.39. The van der Waals surface area contributed by atoms with Crippen LogP contribution in [0.2, 0.25) is 0 Å². The largest absolute Gasteiger partial charge is 0.313 e. The number of halogens is 2. The second-order valence-electron chi connectivity index (χ2n) is 4.92. The van der Waals surface area contributed by atoms with Crippen molar-refractivity contribution in [2.75, 3.05) is 6.54 Å². The molecule has 0 aliphatic heterocycles. The molecule has 0 radical (unpaired) electrons. The van der Waals surface area contributed by atoms with Gasteiger partial charge in [-0.3, -0.25) is 0 Å². The molecular formula is C16H19Br2NS. The fourth-order valence-corrected chi connectivity index (χ4v) is 3.97. The van der Waals surface area contributed by atoms with E-state index in [1.165, 1.54) is 21.3 Å². The van der Waals surface area contributed by atoms with Gasteiger partial charge in [-0.2, -0.15) is 0 Å². The number of nitrogens with one attached hydrogen (secondary N) is 1. The van der Waals surface area contributed by atoms with E-state index in [1.54, 1.807) is 0 Å². The Morgan fingerprint density at radius 3 is 2.45 bits per heavy atom. The Morgan fingerprint density at radius 2 is 1.85 bits per heavy atom. The molecule has 4 heteroatoms. The number of rotatable bonds is 7. The van der Waals surface area contributed by atoms with Crippen molar-refractivity contribution in [2.45, 2.75) is 32.2 Å². The topological polar surface area (TPSA) is 12.0 Å². The van der Waals surface area contributed by atoms with E-state index in [0.717, 1.165) is 23.9 Å². The first-order chi connectivity index (χ1) is 9.67. The molecular weight excluding hydrogens is 398 g/mol. The van der Waals surface area contributed by atoms with Crippen LogP contribution in [0.25, 0.3) is 0 Å². The highest BCUT2D eigenvalue weighted by atomic mass is 79.9. The molecule has 0 aliphatic carbocycles. The summed E-state index contributed by atoms with van der Waals surface area (Å²) in [6.45, 7) is 3.29. The lowest BCUT2D eigenvalue weighted by Crippen LogP contribution is -2.33. The molecule has 108 valence electrons. The molecule has 0 saturated carbocycles. The monoisotopic (exact) mass is 415 g/mol. The van der Waals surface area contributed by atoms with E-state index < -0.39 is 0 Å². The van der Waals surface area contributed by atoms with Crippen LogP contribution in [0, 0.1) is 0 Å². The molecule has 1 unspecified atom stereocenters. The van der Waals surface area contributed by atoms with E-state index >= 15 is 0 Å². The van der Waals surface area contributed by atoms with Gasteiger partial charge >= 0.3 is 0 Å². The lowest BCUT2D eigenvalue weighted by Gasteiger charge is -2.18. The molecule has 1 N–H and O–H groups in total. The van der Waals surface area contributed by atoms with Crippen molar-refractivity contribution in [1.82, 2.24) is 5.32 Å². The van der Waals surface area contributed by atoms with E-state index in [-0.39, 0.29) is 0 Å². The molecule has 0 aliphatic rings. The summed E-state index contributed by atoms with van der Waals surface area (Å²) in [6.07, 6.45) is 3.33. The van der Waals surface area contributed by atoms with Crippen molar-refractivity contribution in [3.05, 3.63) is 55.1 Å². The summed E-state index contributed by atoms with van der Waals surface area (Å²) in [5.74, 6) is 0. The summed E-state index contributed by atoms with van der Waals surface area (Å²) in [6, 6.07) is 11.4. The van der Waals surface area contributed by atoms with E-state index in [4.69, 9.17) is 0 Å². The molecule has 2 rings (SSSR count). The van der Waals surface area contributed by atoms with Crippen LogP contribution >= 0.6 is 43.2 Å². The van der Waals surface area contributed by atoms with Crippen LogP contribution in [-0.2, 0) is 12.8 Å². The fraction of sp³-hybridized carbons (Fsp3) is 0.375. The van der Waals surface area contributed by atoms with Crippen molar-refractivity contribution in [2.24, 2.45) is 0 Å². The summed E-state index contributed by atoms with van der Waals surface area (Å²) >= 11 is 8.86. The molecule has 0 saturated heterocycles.